The van der Waals surface area contributed by atoms with Gasteiger partial charge in [0.1, 0.15) is 6.54 Å². The van der Waals surface area contributed by atoms with Crippen LogP contribution in [0, 0.1) is 5.92 Å². The lowest BCUT2D eigenvalue weighted by Crippen LogP contribution is -2.41. The van der Waals surface area contributed by atoms with E-state index in [1.807, 2.05) is 18.2 Å². The second kappa shape index (κ2) is 12.7. The third-order valence-corrected chi connectivity index (χ3v) is 4.32. The number of nitrogens with one attached hydrogen (secondary N) is 1. The van der Waals surface area contributed by atoms with Gasteiger partial charge in [0.05, 0.1) is 13.2 Å². The maximum Gasteiger partial charge on any atom is 0.243 e. The summed E-state index contributed by atoms with van der Waals surface area (Å²) in [6.07, 6.45) is 2.85. The van der Waals surface area contributed by atoms with E-state index in [0.29, 0.717) is 19.1 Å². The summed E-state index contributed by atoms with van der Waals surface area (Å²) in [5.41, 5.74) is 1.19. The molecule has 1 atom stereocenters. The quantitative estimate of drug-likeness (QED) is 0.265. The highest BCUT2D eigenvalue weighted by atomic mass is 127. The van der Waals surface area contributed by atoms with Crippen molar-refractivity contribution in [2.75, 3.05) is 46.9 Å². The maximum absolute atomic E-state index is 11.8. The van der Waals surface area contributed by atoms with Gasteiger partial charge in [-0.3, -0.25) is 4.79 Å². The Labute approximate surface area is 179 Å². The largest absolute Gasteiger partial charge is 0.376 e. The second-order valence-corrected chi connectivity index (χ2v) is 6.70. The highest BCUT2D eigenvalue weighted by Gasteiger charge is 2.25. The molecule has 1 heterocycles. The number of benzene rings is 1. The summed E-state index contributed by atoms with van der Waals surface area (Å²) in [6, 6.07) is 10.2. The normalized spacial score (nSPS) is 16.6. The Morgan fingerprint density at radius 2 is 2.15 bits per heavy atom. The van der Waals surface area contributed by atoms with Gasteiger partial charge in [0.25, 0.3) is 0 Å². The minimum atomic E-state index is -0.00940. The molecule has 7 heteroatoms. The molecule has 0 spiro atoms. The van der Waals surface area contributed by atoms with E-state index in [1.54, 1.807) is 25.1 Å². The van der Waals surface area contributed by atoms with Crippen molar-refractivity contribution in [1.82, 2.24) is 15.1 Å². The van der Waals surface area contributed by atoms with Crippen molar-refractivity contribution >= 4 is 35.8 Å². The van der Waals surface area contributed by atoms with Gasteiger partial charge in [-0.1, -0.05) is 36.4 Å². The van der Waals surface area contributed by atoms with E-state index in [-0.39, 0.29) is 36.4 Å². The van der Waals surface area contributed by atoms with Gasteiger partial charge in [-0.25, -0.2) is 4.99 Å². The predicted octanol–water partition coefficient (Wildman–Crippen LogP) is 2.36. The van der Waals surface area contributed by atoms with E-state index >= 15 is 0 Å². The molecule has 1 amide bonds. The van der Waals surface area contributed by atoms with E-state index < -0.39 is 0 Å². The SMILES string of the molecule is C=CCNC(=NCC(=O)N(C)C)N1CCC(COCc2ccccc2)C1.I. The zero-order valence-corrected chi connectivity index (χ0v) is 18.6. The van der Waals surface area contributed by atoms with Crippen LogP contribution in [0.2, 0.25) is 0 Å². The van der Waals surface area contributed by atoms with Gasteiger partial charge in [0.2, 0.25) is 5.91 Å². The van der Waals surface area contributed by atoms with Crippen molar-refractivity contribution in [2.45, 2.75) is 13.0 Å². The number of carbonyl (C=O) groups excluding carboxylic acids is 1. The monoisotopic (exact) mass is 486 g/mol. The molecule has 1 aromatic carbocycles. The van der Waals surface area contributed by atoms with Gasteiger partial charge in [0.15, 0.2) is 5.96 Å². The molecule has 6 nitrogen and oxygen atoms in total. The lowest BCUT2D eigenvalue weighted by Gasteiger charge is -2.22. The van der Waals surface area contributed by atoms with Crippen LogP contribution in [0.4, 0.5) is 0 Å². The molecular formula is C20H31IN4O2. The first-order chi connectivity index (χ1) is 12.6. The molecule has 0 bridgehead atoms. The summed E-state index contributed by atoms with van der Waals surface area (Å²) in [4.78, 5) is 20.0. The van der Waals surface area contributed by atoms with E-state index in [2.05, 4.69) is 33.9 Å². The summed E-state index contributed by atoms with van der Waals surface area (Å²) in [6.45, 7) is 7.69. The van der Waals surface area contributed by atoms with Crippen molar-refractivity contribution in [3.05, 3.63) is 48.6 Å². The molecule has 150 valence electrons. The average molecular weight is 486 g/mol. The molecule has 1 saturated heterocycles. The molecule has 0 aromatic heterocycles. The molecule has 27 heavy (non-hydrogen) atoms. The van der Waals surface area contributed by atoms with E-state index in [1.165, 1.54) is 5.56 Å². The third-order valence-electron chi connectivity index (χ3n) is 4.32. The molecule has 1 aliphatic heterocycles. The molecular weight excluding hydrogens is 455 g/mol. The Balaban J connectivity index is 0.00000364. The van der Waals surface area contributed by atoms with Crippen molar-refractivity contribution in [3.8, 4) is 0 Å². The number of rotatable bonds is 8. The number of nitrogens with zero attached hydrogens (tertiary/aromatic N) is 3. The molecule has 1 aromatic rings. The lowest BCUT2D eigenvalue weighted by atomic mass is 10.1. The van der Waals surface area contributed by atoms with Gasteiger partial charge in [-0.2, -0.15) is 0 Å². The zero-order valence-electron chi connectivity index (χ0n) is 16.3. The van der Waals surface area contributed by atoms with Crippen LogP contribution in [-0.2, 0) is 16.1 Å². The summed E-state index contributed by atoms with van der Waals surface area (Å²) in [5.74, 6) is 1.23. The van der Waals surface area contributed by atoms with Crippen LogP contribution in [-0.4, -0.2) is 68.5 Å². The summed E-state index contributed by atoms with van der Waals surface area (Å²) in [7, 11) is 3.48. The summed E-state index contributed by atoms with van der Waals surface area (Å²) in [5, 5.41) is 3.25. The minimum absolute atomic E-state index is 0. The first-order valence-electron chi connectivity index (χ1n) is 9.06. The van der Waals surface area contributed by atoms with Crippen molar-refractivity contribution in [2.24, 2.45) is 10.9 Å². The van der Waals surface area contributed by atoms with Crippen LogP contribution in [0.15, 0.2) is 48.0 Å². The molecule has 2 rings (SSSR count). The molecule has 0 radical (unpaired) electrons. The second-order valence-electron chi connectivity index (χ2n) is 6.70. The van der Waals surface area contributed by atoms with Crippen LogP contribution in [0.25, 0.3) is 0 Å². The standard InChI is InChI=1S/C20H30N4O2.HI/c1-4-11-21-20(22-13-19(25)23(2)3)24-12-10-18(14-24)16-26-15-17-8-6-5-7-9-17;/h4-9,18H,1,10-16H2,2-3H3,(H,21,22);1H. The zero-order chi connectivity index (χ0) is 18.8. The summed E-state index contributed by atoms with van der Waals surface area (Å²) < 4.78 is 5.88. The fraction of sp³-hybridized carbons (Fsp3) is 0.500. The minimum Gasteiger partial charge on any atom is -0.376 e. The van der Waals surface area contributed by atoms with Crippen LogP contribution in [0.3, 0.4) is 0 Å². The third kappa shape index (κ3) is 8.30. The smallest absolute Gasteiger partial charge is 0.243 e. The fourth-order valence-corrected chi connectivity index (χ4v) is 2.79. The molecule has 1 aliphatic rings. The topological polar surface area (TPSA) is 57.2 Å². The molecule has 1 N–H and O–H groups in total. The summed E-state index contributed by atoms with van der Waals surface area (Å²) >= 11 is 0. The molecule has 1 unspecified atom stereocenters. The lowest BCUT2D eigenvalue weighted by molar-refractivity contribution is -0.127. The van der Waals surface area contributed by atoms with Crippen LogP contribution in [0.1, 0.15) is 12.0 Å². The number of ether oxygens (including phenoxy) is 1. The molecule has 0 saturated carbocycles. The fourth-order valence-electron chi connectivity index (χ4n) is 2.79. The van der Waals surface area contributed by atoms with Gasteiger partial charge in [-0.15, -0.1) is 30.6 Å². The first-order valence-corrected chi connectivity index (χ1v) is 9.06. The predicted molar refractivity (Wildman–Crippen MR) is 120 cm³/mol. The maximum atomic E-state index is 11.8. The number of likely N-dealkylation sites (tertiary alicyclic amines) is 1. The number of likely N-dealkylation sites (N-methyl/N-ethyl adjacent to an activating group) is 1. The number of hydrogen-bond acceptors (Lipinski definition) is 3. The highest BCUT2D eigenvalue weighted by molar-refractivity contribution is 14.0. The average Bonchev–Trinajstić information content (AvgIpc) is 3.11. The van der Waals surface area contributed by atoms with Crippen LogP contribution < -0.4 is 5.32 Å². The Bertz CT molecular complexity index is 607. The van der Waals surface area contributed by atoms with Crippen molar-refractivity contribution in [3.63, 3.8) is 0 Å². The van der Waals surface area contributed by atoms with Gasteiger partial charge in [0, 0.05) is 39.6 Å². The van der Waals surface area contributed by atoms with Gasteiger partial charge in [-0.05, 0) is 12.0 Å². The van der Waals surface area contributed by atoms with Gasteiger partial charge >= 0.3 is 0 Å². The Morgan fingerprint density at radius 3 is 2.81 bits per heavy atom. The van der Waals surface area contributed by atoms with Crippen molar-refractivity contribution in [1.29, 1.82) is 0 Å². The number of hydrogen-bond donors (Lipinski definition) is 1. The number of aliphatic imine (C=N–C) groups is 1. The number of carbonyl (C=O) groups is 1. The number of guanidine groups is 1. The Morgan fingerprint density at radius 1 is 1.41 bits per heavy atom. The van der Waals surface area contributed by atoms with Gasteiger partial charge < -0.3 is 19.9 Å². The number of amides is 1. The number of halogens is 1. The van der Waals surface area contributed by atoms with Crippen LogP contribution >= 0.6 is 24.0 Å². The van der Waals surface area contributed by atoms with E-state index in [4.69, 9.17) is 4.74 Å². The highest BCUT2D eigenvalue weighted by Crippen LogP contribution is 2.17. The molecule has 1 fully saturated rings. The van der Waals surface area contributed by atoms with Crippen molar-refractivity contribution < 1.29 is 9.53 Å². The Kier molecular flexibility index (Phi) is 11.0. The van der Waals surface area contributed by atoms with E-state index in [9.17, 15) is 4.79 Å². The molecule has 0 aliphatic carbocycles. The van der Waals surface area contributed by atoms with E-state index in [0.717, 1.165) is 32.1 Å². The first kappa shape index (κ1) is 23.4. The van der Waals surface area contributed by atoms with Crippen LogP contribution in [0.5, 0.6) is 0 Å². The Hall–Kier alpha value is -1.61.